The number of nitrogens with two attached hydrogens (primary N) is 1. The molecule has 0 bridgehead atoms. The number of ether oxygens (including phenoxy) is 1. The van der Waals surface area contributed by atoms with Crippen molar-refractivity contribution < 1.29 is 4.74 Å². The number of anilines is 2. The minimum Gasteiger partial charge on any atom is -0.484 e. The van der Waals surface area contributed by atoms with Crippen LogP contribution in [0.2, 0.25) is 0 Å². The van der Waals surface area contributed by atoms with Crippen LogP contribution in [0.5, 0.6) is 5.75 Å². The van der Waals surface area contributed by atoms with Crippen LogP contribution in [0.3, 0.4) is 0 Å². The molecule has 2 aliphatic rings. The van der Waals surface area contributed by atoms with Gasteiger partial charge in [-0.3, -0.25) is 4.79 Å². The second-order valence-electron chi connectivity index (χ2n) is 5.74. The normalized spacial score (nSPS) is 21.1. The van der Waals surface area contributed by atoms with Crippen molar-refractivity contribution in [3.8, 4) is 5.75 Å². The molecular formula is C15H17N3O2. The predicted octanol–water partition coefficient (Wildman–Crippen LogP) is 1.70. The van der Waals surface area contributed by atoms with Gasteiger partial charge in [0.05, 0.1) is 17.2 Å². The fraction of sp³-hybridized carbons (Fsp3) is 0.400. The molecule has 1 unspecified atom stereocenters. The minimum absolute atomic E-state index is 0.0981. The van der Waals surface area contributed by atoms with E-state index in [9.17, 15) is 4.79 Å². The maximum atomic E-state index is 12.4. The third-order valence-corrected chi connectivity index (χ3v) is 4.31. The number of aromatic nitrogens is 1. The lowest BCUT2D eigenvalue weighted by molar-refractivity contribution is 0.268. The summed E-state index contributed by atoms with van der Waals surface area (Å²) < 4.78 is 7.38. The van der Waals surface area contributed by atoms with Gasteiger partial charge < -0.3 is 20.4 Å². The Morgan fingerprint density at radius 2 is 2.20 bits per heavy atom. The minimum atomic E-state index is -0.0981. The molecule has 1 aliphatic carbocycles. The number of hydrogen-bond donors (Lipinski definition) is 2. The van der Waals surface area contributed by atoms with Crippen molar-refractivity contribution in [1.82, 2.24) is 4.57 Å². The van der Waals surface area contributed by atoms with E-state index in [2.05, 4.69) is 5.32 Å². The summed E-state index contributed by atoms with van der Waals surface area (Å²) in [4.78, 5) is 12.4. The summed E-state index contributed by atoms with van der Waals surface area (Å²) in [6.07, 6.45) is 2.47. The Hall–Kier alpha value is -2.17. The highest BCUT2D eigenvalue weighted by molar-refractivity contribution is 5.96. The molecule has 0 amide bonds. The number of nitrogen functional groups attached to an aromatic ring is 1. The van der Waals surface area contributed by atoms with Gasteiger partial charge in [0, 0.05) is 18.1 Å². The first-order valence-electron chi connectivity index (χ1n) is 6.96. The Morgan fingerprint density at radius 1 is 1.40 bits per heavy atom. The zero-order valence-electron chi connectivity index (χ0n) is 11.3. The summed E-state index contributed by atoms with van der Waals surface area (Å²) in [6.45, 7) is 0.570. The lowest BCUT2D eigenvalue weighted by atomic mass is 10.1. The van der Waals surface area contributed by atoms with E-state index in [4.69, 9.17) is 10.5 Å². The number of aryl methyl sites for hydroxylation is 1. The Labute approximate surface area is 116 Å². The summed E-state index contributed by atoms with van der Waals surface area (Å²) in [5.41, 5.74) is 8.16. The van der Waals surface area contributed by atoms with E-state index in [-0.39, 0.29) is 5.56 Å². The van der Waals surface area contributed by atoms with Crippen LogP contribution in [-0.4, -0.2) is 17.2 Å². The highest BCUT2D eigenvalue weighted by Crippen LogP contribution is 2.40. The van der Waals surface area contributed by atoms with E-state index in [1.54, 1.807) is 11.6 Å². The standard InChI is InChI=1S/C15H17N3O2/c1-18-12-5-4-9(16)6-10(12)13-14(15(18)19)20-7-11(17-13)8-2-3-8/h4-6,8,11,17H,2-3,7,16H2,1H3. The van der Waals surface area contributed by atoms with Crippen LogP contribution in [0.25, 0.3) is 10.9 Å². The number of rotatable bonds is 1. The van der Waals surface area contributed by atoms with Gasteiger partial charge in [0.2, 0.25) is 5.75 Å². The summed E-state index contributed by atoms with van der Waals surface area (Å²) >= 11 is 0. The van der Waals surface area contributed by atoms with Crippen LogP contribution < -0.4 is 21.3 Å². The van der Waals surface area contributed by atoms with Crippen molar-refractivity contribution >= 4 is 22.3 Å². The van der Waals surface area contributed by atoms with Gasteiger partial charge in [-0.25, -0.2) is 0 Å². The van der Waals surface area contributed by atoms with E-state index in [1.165, 1.54) is 12.8 Å². The van der Waals surface area contributed by atoms with Crippen molar-refractivity contribution in [2.45, 2.75) is 18.9 Å². The van der Waals surface area contributed by atoms with Crippen molar-refractivity contribution in [1.29, 1.82) is 0 Å². The molecular weight excluding hydrogens is 254 g/mol. The van der Waals surface area contributed by atoms with Crippen molar-refractivity contribution in [3.63, 3.8) is 0 Å². The molecule has 20 heavy (non-hydrogen) atoms. The number of benzene rings is 1. The molecule has 0 spiro atoms. The SMILES string of the molecule is Cn1c(=O)c2c(c3cc(N)ccc31)NC(C1CC1)CO2. The molecule has 1 aromatic heterocycles. The molecule has 104 valence electrons. The van der Waals surface area contributed by atoms with Gasteiger partial charge in [-0.15, -0.1) is 0 Å². The molecule has 0 radical (unpaired) electrons. The first kappa shape index (κ1) is 11.6. The maximum absolute atomic E-state index is 12.4. The third kappa shape index (κ3) is 1.59. The summed E-state index contributed by atoms with van der Waals surface area (Å²) in [6, 6.07) is 5.91. The predicted molar refractivity (Wildman–Crippen MR) is 79.2 cm³/mol. The smallest absolute Gasteiger partial charge is 0.295 e. The molecule has 5 nitrogen and oxygen atoms in total. The summed E-state index contributed by atoms with van der Waals surface area (Å²) in [5, 5.41) is 4.45. The molecule has 2 aromatic rings. The molecule has 1 aromatic carbocycles. The number of nitrogens with one attached hydrogen (secondary N) is 1. The van der Waals surface area contributed by atoms with Crippen molar-refractivity contribution in [3.05, 3.63) is 28.6 Å². The lowest BCUT2D eigenvalue weighted by Gasteiger charge is -2.28. The maximum Gasteiger partial charge on any atom is 0.295 e. The summed E-state index contributed by atoms with van der Waals surface area (Å²) in [5.74, 6) is 1.09. The molecule has 3 N–H and O–H groups in total. The largest absolute Gasteiger partial charge is 0.484 e. The number of nitrogens with zero attached hydrogens (tertiary/aromatic N) is 1. The van der Waals surface area contributed by atoms with E-state index in [0.717, 1.165) is 16.6 Å². The number of pyridine rings is 1. The van der Waals surface area contributed by atoms with Crippen LogP contribution in [0, 0.1) is 5.92 Å². The van der Waals surface area contributed by atoms with Crippen LogP contribution in [-0.2, 0) is 7.05 Å². The van der Waals surface area contributed by atoms with E-state index >= 15 is 0 Å². The molecule has 4 rings (SSSR count). The Bertz CT molecular complexity index is 762. The van der Waals surface area contributed by atoms with E-state index < -0.39 is 0 Å². The van der Waals surface area contributed by atoms with Gasteiger partial charge in [-0.2, -0.15) is 0 Å². The number of hydrogen-bond acceptors (Lipinski definition) is 4. The van der Waals surface area contributed by atoms with Crippen LogP contribution in [0.4, 0.5) is 11.4 Å². The molecule has 1 saturated carbocycles. The van der Waals surface area contributed by atoms with Gasteiger partial charge >= 0.3 is 0 Å². The first-order valence-corrected chi connectivity index (χ1v) is 6.96. The highest BCUT2D eigenvalue weighted by atomic mass is 16.5. The average molecular weight is 271 g/mol. The van der Waals surface area contributed by atoms with Gasteiger partial charge in [-0.05, 0) is 37.0 Å². The third-order valence-electron chi connectivity index (χ3n) is 4.31. The van der Waals surface area contributed by atoms with Gasteiger partial charge in [0.25, 0.3) is 5.56 Å². The monoisotopic (exact) mass is 271 g/mol. The topological polar surface area (TPSA) is 69.3 Å². The summed E-state index contributed by atoms with van der Waals surface area (Å²) in [7, 11) is 1.76. The number of fused-ring (bicyclic) bond motifs is 3. The molecule has 5 heteroatoms. The van der Waals surface area contributed by atoms with Crippen LogP contribution in [0.15, 0.2) is 23.0 Å². The van der Waals surface area contributed by atoms with Gasteiger partial charge in [0.15, 0.2) is 0 Å². The van der Waals surface area contributed by atoms with Crippen LogP contribution >= 0.6 is 0 Å². The Kier molecular flexibility index (Phi) is 2.28. The van der Waals surface area contributed by atoms with Gasteiger partial charge in [-0.1, -0.05) is 0 Å². The molecule has 2 heterocycles. The zero-order valence-corrected chi connectivity index (χ0v) is 11.3. The fourth-order valence-electron chi connectivity index (χ4n) is 2.97. The first-order chi connectivity index (χ1) is 9.65. The van der Waals surface area contributed by atoms with Crippen LogP contribution in [0.1, 0.15) is 12.8 Å². The Balaban J connectivity index is 1.98. The fourth-order valence-corrected chi connectivity index (χ4v) is 2.97. The second kappa shape index (κ2) is 3.91. The highest BCUT2D eigenvalue weighted by Gasteiger charge is 2.36. The molecule has 1 fully saturated rings. The molecule has 1 aliphatic heterocycles. The van der Waals surface area contributed by atoms with Crippen molar-refractivity contribution in [2.75, 3.05) is 17.7 Å². The van der Waals surface area contributed by atoms with Gasteiger partial charge in [0.1, 0.15) is 6.61 Å². The van der Waals surface area contributed by atoms with E-state index in [0.29, 0.717) is 30.0 Å². The average Bonchev–Trinajstić information content (AvgIpc) is 3.29. The zero-order chi connectivity index (χ0) is 13.9. The lowest BCUT2D eigenvalue weighted by Crippen LogP contribution is -2.36. The van der Waals surface area contributed by atoms with E-state index in [1.807, 2.05) is 18.2 Å². The second-order valence-corrected chi connectivity index (χ2v) is 5.74. The van der Waals surface area contributed by atoms with Crippen molar-refractivity contribution in [2.24, 2.45) is 13.0 Å². The molecule has 0 saturated heterocycles. The molecule has 1 atom stereocenters. The Morgan fingerprint density at radius 3 is 2.95 bits per heavy atom. The quantitative estimate of drug-likeness (QED) is 0.775.